The van der Waals surface area contributed by atoms with Crippen LogP contribution in [-0.2, 0) is 25.0 Å². The van der Waals surface area contributed by atoms with E-state index >= 15 is 0 Å². The number of H-pyrrole nitrogens is 1. The average Bonchev–Trinajstić information content (AvgIpc) is 3.60. The fourth-order valence-corrected chi connectivity index (χ4v) is 4.08. The first kappa shape index (κ1) is 24.9. The van der Waals surface area contributed by atoms with Crippen molar-refractivity contribution in [2.24, 2.45) is 5.92 Å². The van der Waals surface area contributed by atoms with Crippen molar-refractivity contribution in [2.75, 3.05) is 13.7 Å². The third-order valence-corrected chi connectivity index (χ3v) is 6.65. The van der Waals surface area contributed by atoms with Gasteiger partial charge in [0.15, 0.2) is 17.4 Å². The number of rotatable bonds is 13. The first-order valence-electron chi connectivity index (χ1n) is 12.2. The van der Waals surface area contributed by atoms with E-state index in [1.54, 1.807) is 35.1 Å². The van der Waals surface area contributed by atoms with E-state index in [1.807, 2.05) is 6.92 Å². The largest absolute Gasteiger partial charge is 0.490 e. The Kier molecular flexibility index (Phi) is 7.85. The minimum atomic E-state index is -1.25. The van der Waals surface area contributed by atoms with Gasteiger partial charge in [-0.2, -0.15) is 0 Å². The molecule has 2 N–H and O–H groups in total. The van der Waals surface area contributed by atoms with Gasteiger partial charge in [-0.05, 0) is 80.7 Å². The molecule has 188 valence electrons. The quantitative estimate of drug-likeness (QED) is 0.358. The number of pyridine rings is 1. The van der Waals surface area contributed by atoms with Crippen LogP contribution in [0.2, 0.25) is 0 Å². The number of aromatic nitrogens is 4. The highest BCUT2D eigenvalue weighted by atomic mass is 19.1. The number of benzene rings is 1. The number of hydrogen-bond acceptors (Lipinski definition) is 6. The zero-order valence-electron chi connectivity index (χ0n) is 20.3. The van der Waals surface area contributed by atoms with Crippen molar-refractivity contribution < 1.29 is 19.0 Å². The van der Waals surface area contributed by atoms with Gasteiger partial charge in [-0.25, -0.2) is 9.07 Å². The molecule has 3 aromatic rings. The molecule has 0 saturated heterocycles. The summed E-state index contributed by atoms with van der Waals surface area (Å²) in [5.41, 5.74) is 0.822. The van der Waals surface area contributed by atoms with E-state index in [0.717, 1.165) is 31.4 Å². The molecule has 35 heavy (non-hydrogen) atoms. The molecule has 1 atom stereocenters. The summed E-state index contributed by atoms with van der Waals surface area (Å²) in [6, 6.07) is 8.09. The molecule has 1 fully saturated rings. The van der Waals surface area contributed by atoms with E-state index < -0.39 is 11.4 Å². The molecule has 0 bridgehead atoms. The number of unbranched alkanes of at least 4 members (excludes halogenated alkanes) is 1. The van der Waals surface area contributed by atoms with Crippen LogP contribution < -0.4 is 15.0 Å². The normalized spacial score (nSPS) is 15.1. The van der Waals surface area contributed by atoms with Crippen molar-refractivity contribution in [1.29, 1.82) is 0 Å². The van der Waals surface area contributed by atoms with E-state index in [9.17, 15) is 14.3 Å². The Morgan fingerprint density at radius 3 is 2.74 bits per heavy atom. The summed E-state index contributed by atoms with van der Waals surface area (Å²) in [6.07, 6.45) is 7.36. The van der Waals surface area contributed by atoms with E-state index in [2.05, 4.69) is 15.3 Å². The molecule has 1 aliphatic carbocycles. The lowest BCUT2D eigenvalue weighted by molar-refractivity contribution is 0.00941. The van der Waals surface area contributed by atoms with Crippen LogP contribution >= 0.6 is 0 Å². The van der Waals surface area contributed by atoms with E-state index in [-0.39, 0.29) is 17.9 Å². The molecule has 0 radical (unpaired) electrons. The minimum absolute atomic E-state index is 0.135. The summed E-state index contributed by atoms with van der Waals surface area (Å²) < 4.78 is 26.7. The number of methoxy groups -OCH3 is 1. The molecule has 1 unspecified atom stereocenters. The summed E-state index contributed by atoms with van der Waals surface area (Å²) in [7, 11) is 1.51. The molecular weight excluding hydrogens is 451 g/mol. The molecule has 8 nitrogen and oxygen atoms in total. The van der Waals surface area contributed by atoms with Gasteiger partial charge in [0.25, 0.3) is 5.56 Å². The molecule has 2 heterocycles. The number of ether oxygens (including phenoxy) is 2. The van der Waals surface area contributed by atoms with Crippen LogP contribution in [0, 0.1) is 11.7 Å². The monoisotopic (exact) mass is 484 g/mol. The Hall–Kier alpha value is -3.20. The molecule has 1 saturated carbocycles. The van der Waals surface area contributed by atoms with Crippen LogP contribution in [0.4, 0.5) is 4.39 Å². The van der Waals surface area contributed by atoms with Gasteiger partial charge >= 0.3 is 0 Å². The molecule has 0 amide bonds. The lowest BCUT2D eigenvalue weighted by Gasteiger charge is -2.28. The number of halogens is 1. The lowest BCUT2D eigenvalue weighted by Crippen LogP contribution is -2.32. The van der Waals surface area contributed by atoms with Gasteiger partial charge in [0.2, 0.25) is 0 Å². The van der Waals surface area contributed by atoms with Crippen molar-refractivity contribution in [2.45, 2.75) is 64.0 Å². The van der Waals surface area contributed by atoms with Crippen LogP contribution in [0.3, 0.4) is 0 Å². The fraction of sp³-hybridized carbons (Fsp3) is 0.500. The number of aryl methyl sites for hydroxylation is 2. The van der Waals surface area contributed by atoms with Gasteiger partial charge in [0.05, 0.1) is 32.2 Å². The Morgan fingerprint density at radius 1 is 1.23 bits per heavy atom. The average molecular weight is 485 g/mol. The third-order valence-electron chi connectivity index (χ3n) is 6.65. The van der Waals surface area contributed by atoms with Crippen LogP contribution in [0.15, 0.2) is 41.3 Å². The van der Waals surface area contributed by atoms with Crippen molar-refractivity contribution >= 4 is 0 Å². The molecule has 2 aromatic heterocycles. The minimum Gasteiger partial charge on any atom is -0.490 e. The van der Waals surface area contributed by atoms with Crippen LogP contribution in [0.1, 0.15) is 55.8 Å². The van der Waals surface area contributed by atoms with E-state index in [1.165, 1.54) is 13.2 Å². The van der Waals surface area contributed by atoms with E-state index in [4.69, 9.17) is 9.47 Å². The second kappa shape index (κ2) is 11.0. The zero-order chi connectivity index (χ0) is 24.8. The molecule has 1 aromatic carbocycles. The van der Waals surface area contributed by atoms with Gasteiger partial charge in [-0.15, -0.1) is 5.10 Å². The highest BCUT2D eigenvalue weighted by molar-refractivity contribution is 5.34. The number of aromatic amines is 1. The van der Waals surface area contributed by atoms with Gasteiger partial charge in [-0.1, -0.05) is 18.2 Å². The Balaban J connectivity index is 1.38. The summed E-state index contributed by atoms with van der Waals surface area (Å²) in [6.45, 7) is 2.59. The lowest BCUT2D eigenvalue weighted by atomic mass is 9.90. The second-order valence-electron chi connectivity index (χ2n) is 9.26. The maximum Gasteiger partial charge on any atom is 0.253 e. The Labute approximate surface area is 204 Å². The number of nitrogens with zero attached hydrogens (tertiary/aromatic N) is 3. The van der Waals surface area contributed by atoms with Gasteiger partial charge < -0.3 is 14.6 Å². The Morgan fingerprint density at radius 2 is 2.03 bits per heavy atom. The van der Waals surface area contributed by atoms with Gasteiger partial charge in [-0.3, -0.25) is 9.78 Å². The van der Waals surface area contributed by atoms with Crippen LogP contribution in [0.25, 0.3) is 0 Å². The van der Waals surface area contributed by atoms with E-state index in [0.29, 0.717) is 48.8 Å². The smallest absolute Gasteiger partial charge is 0.253 e. The predicted molar refractivity (Wildman–Crippen MR) is 129 cm³/mol. The number of hydrogen-bond donors (Lipinski definition) is 2. The fourth-order valence-electron chi connectivity index (χ4n) is 4.08. The summed E-state index contributed by atoms with van der Waals surface area (Å²) in [5, 5.41) is 19.7. The summed E-state index contributed by atoms with van der Waals surface area (Å²) in [5.74, 6) is 0.697. The zero-order valence-corrected chi connectivity index (χ0v) is 20.3. The maximum atomic E-state index is 14.3. The van der Waals surface area contributed by atoms with Gasteiger partial charge in [0, 0.05) is 5.56 Å². The number of aliphatic hydroxyl groups is 1. The maximum absolute atomic E-state index is 14.3. The SMILES string of the molecule is CCC(O)(Cn1nncc1CCCCc1ccc(OC)[nH]c1=O)c1ccc(F)c(OCC2CC2)c1. The van der Waals surface area contributed by atoms with Crippen LogP contribution in [0.5, 0.6) is 11.6 Å². The summed E-state index contributed by atoms with van der Waals surface area (Å²) >= 11 is 0. The highest BCUT2D eigenvalue weighted by Crippen LogP contribution is 2.33. The first-order chi connectivity index (χ1) is 16.9. The molecule has 0 spiro atoms. The first-order valence-corrected chi connectivity index (χ1v) is 12.2. The standard InChI is InChI=1S/C26H33FN4O4/c1-3-26(33,20-11-12-22(27)23(14-20)35-16-18-8-9-18)17-31-21(15-28-30-31)7-5-4-6-19-10-13-24(34-2)29-25(19)32/h10-15,18,33H,3-9,16-17H2,1-2H3,(H,29,32). The van der Waals surface area contributed by atoms with Crippen molar-refractivity contribution in [3.63, 3.8) is 0 Å². The molecule has 0 aliphatic heterocycles. The molecule has 1 aliphatic rings. The van der Waals surface area contributed by atoms with Crippen molar-refractivity contribution in [1.82, 2.24) is 20.0 Å². The van der Waals surface area contributed by atoms with Crippen LogP contribution in [-0.4, -0.2) is 38.8 Å². The molecule has 9 heteroatoms. The van der Waals surface area contributed by atoms with Crippen molar-refractivity contribution in [3.05, 3.63) is 69.5 Å². The predicted octanol–water partition coefficient (Wildman–Crippen LogP) is 3.77. The van der Waals surface area contributed by atoms with Crippen molar-refractivity contribution in [3.8, 4) is 11.6 Å². The third kappa shape index (κ3) is 6.28. The number of nitrogens with one attached hydrogen (secondary N) is 1. The summed E-state index contributed by atoms with van der Waals surface area (Å²) in [4.78, 5) is 14.8. The van der Waals surface area contributed by atoms with Gasteiger partial charge in [0.1, 0.15) is 5.60 Å². The Bertz CT molecular complexity index is 1190. The molecular formula is C26H33FN4O4. The topological polar surface area (TPSA) is 102 Å². The second-order valence-corrected chi connectivity index (χ2v) is 9.26. The molecule has 4 rings (SSSR count). The highest BCUT2D eigenvalue weighted by Gasteiger charge is 2.31.